The second-order valence-corrected chi connectivity index (χ2v) is 18.2. The number of para-hydroxylation sites is 3. The van der Waals surface area contributed by atoms with Crippen molar-refractivity contribution in [3.05, 3.63) is 242 Å². The van der Waals surface area contributed by atoms with E-state index >= 15 is 0 Å². The maximum absolute atomic E-state index is 9.27. The zero-order valence-corrected chi connectivity index (χ0v) is 38.5. The van der Waals surface area contributed by atoms with E-state index in [1.165, 1.54) is 10.6 Å². The van der Waals surface area contributed by atoms with Gasteiger partial charge in [0.2, 0.25) is 0 Å². The van der Waals surface area contributed by atoms with E-state index < -0.39 is 97.3 Å². The number of nitrogens with zero attached hydrogens (tertiary/aromatic N) is 4. The Morgan fingerprint density at radius 2 is 1.27 bits per heavy atom. The van der Waals surface area contributed by atoms with Gasteiger partial charge in [-0.1, -0.05) is 172 Å². The average Bonchev–Trinajstić information content (AvgIpc) is 1.24. The fourth-order valence-electron chi connectivity index (χ4n) is 9.76. The van der Waals surface area contributed by atoms with Crippen molar-refractivity contribution in [2.24, 2.45) is 0 Å². The van der Waals surface area contributed by atoms with Crippen molar-refractivity contribution >= 4 is 55.9 Å². The summed E-state index contributed by atoms with van der Waals surface area (Å²) in [6, 6.07) is 31.5. The van der Waals surface area contributed by atoms with Gasteiger partial charge >= 0.3 is 0 Å². The smallest absolute Gasteiger partial charge is 0.269 e. The van der Waals surface area contributed by atoms with Gasteiger partial charge in [0.1, 0.15) is 28.8 Å². The fraction of sp³-hybridized carbons (Fsp3) is 0.0625. The summed E-state index contributed by atoms with van der Waals surface area (Å²) < 4.78 is 153. The van der Waals surface area contributed by atoms with Gasteiger partial charge < -0.3 is 9.47 Å². The lowest BCUT2D eigenvalue weighted by Gasteiger charge is -2.30. The van der Waals surface area contributed by atoms with Gasteiger partial charge in [-0.2, -0.15) is 0 Å². The van der Waals surface area contributed by atoms with Gasteiger partial charge in [0.15, 0.2) is 0 Å². The van der Waals surface area contributed by atoms with E-state index in [9.17, 15) is 8.22 Å². The Balaban J connectivity index is 1.05. The van der Waals surface area contributed by atoms with Crippen LogP contribution < -0.4 is 30.4 Å². The Morgan fingerprint density at radius 3 is 2.03 bits per heavy atom. The Bertz CT molecular complexity index is 4750. The zero-order valence-electron chi connectivity index (χ0n) is 53.5. The van der Waals surface area contributed by atoms with E-state index in [1.807, 2.05) is 42.6 Å². The van der Waals surface area contributed by atoms with Gasteiger partial charge in [0, 0.05) is 23.0 Å². The van der Waals surface area contributed by atoms with Gasteiger partial charge in [0.25, 0.3) is 13.0 Å². The molecule has 13 rings (SSSR count). The maximum Gasteiger partial charge on any atom is 0.269 e. The molecule has 12 aromatic rings. The second kappa shape index (κ2) is 16.9. The van der Waals surface area contributed by atoms with Crippen molar-refractivity contribution in [3.8, 4) is 62.4 Å². The fourth-order valence-corrected chi connectivity index (χ4v) is 9.76. The molecule has 0 atom stereocenters. The number of hydrogen-bond acceptors (Lipinski definition) is 3. The summed E-state index contributed by atoms with van der Waals surface area (Å²) in [4.78, 5) is 4.83. The molecule has 71 heavy (non-hydrogen) atoms. The largest absolute Gasteiger partial charge is 0.459 e. The van der Waals surface area contributed by atoms with E-state index in [1.54, 1.807) is 77.4 Å². The molecule has 6 nitrogen and oxygen atoms in total. The molecule has 3 aromatic heterocycles. The minimum atomic E-state index is -1.09. The molecule has 0 spiro atoms. The lowest BCUT2D eigenvalue weighted by atomic mass is 9.34. The van der Waals surface area contributed by atoms with Crippen LogP contribution in [-0.2, 0) is 5.41 Å². The monoisotopic (exact) mass is 929 g/mol. The van der Waals surface area contributed by atoms with Gasteiger partial charge in [-0.25, -0.2) is 4.98 Å². The molecule has 0 bridgehead atoms. The van der Waals surface area contributed by atoms with Crippen molar-refractivity contribution in [1.29, 1.82) is 0 Å². The third kappa shape index (κ3) is 7.37. The van der Waals surface area contributed by atoms with E-state index in [-0.39, 0.29) is 50.1 Å². The van der Waals surface area contributed by atoms with E-state index in [2.05, 4.69) is 49.9 Å². The van der Waals surface area contributed by atoms with Crippen LogP contribution in [0, 0.1) is 6.33 Å². The molecule has 0 saturated heterocycles. The molecule has 0 radical (unpaired) electrons. The van der Waals surface area contributed by atoms with Crippen molar-refractivity contribution in [1.82, 2.24) is 14.1 Å². The first-order valence-electron chi connectivity index (χ1n) is 30.5. The summed E-state index contributed by atoms with van der Waals surface area (Å²) in [6.07, 6.45) is 5.14. The predicted molar refractivity (Wildman–Crippen MR) is 289 cm³/mol. The Kier molecular flexibility index (Phi) is 6.96. The molecule has 7 heteroatoms. The number of fused-ring (bicyclic) bond motifs is 6. The van der Waals surface area contributed by atoms with Crippen LogP contribution in [0.25, 0.3) is 72.3 Å². The number of aromatic nitrogens is 4. The summed E-state index contributed by atoms with van der Waals surface area (Å²) in [6.45, 7) is 5.38. The number of rotatable bonds is 8. The summed E-state index contributed by atoms with van der Waals surface area (Å²) in [7, 11) is 0. The van der Waals surface area contributed by atoms with Gasteiger partial charge in [0.05, 0.1) is 54.0 Å². The van der Waals surface area contributed by atoms with Gasteiger partial charge in [-0.3, -0.25) is 13.7 Å². The highest BCUT2D eigenvalue weighted by Crippen LogP contribution is 2.37. The first-order valence-corrected chi connectivity index (χ1v) is 23.0. The number of benzene rings is 9. The van der Waals surface area contributed by atoms with Crippen LogP contribution in [0.15, 0.2) is 230 Å². The predicted octanol–water partition coefficient (Wildman–Crippen LogP) is 13.2. The SMILES string of the molecule is [2H]c1c([2H])c([2H])c(-c2cccc(-c3c([2H])c([2H])c([2H])c([2H])c3[2H])c2B2c3ccccc3Oc3cc4c(cc32)[n+](-c2c([2H])c([2H])c([2H])c([2H])c2[2H])[c-]n4-c2cccc(Oc3ccc4c5ccccc5n(-c5cc(C(C)(C)C)ccn5)c4c3)c2)c([2H])c1[2H]. The summed E-state index contributed by atoms with van der Waals surface area (Å²) in [5.41, 5.74) is 4.42. The standard InChI is InChI=1S/C64H47BN4O2/c1-64(2,3)45-35-36-66-62(37-45)69-56-31-15-13-27-52(56)53-34-33-49(39-57(53)69)70-48-26-17-25-47(38-48)68-42-67(46-23-11-6-12-24-46)58-40-55-61(41-59(58)68)71-60-32-16-14-30-54(60)65(55)63-50(43-19-7-4-8-20-43)28-18-29-51(63)44-21-9-5-10-22-44/h4-41H,1-3H3/i4D,5D,6D,7D,8D,9D,10D,11D,12D,19D,20D,21D,22D,23D,24D. The number of pyridine rings is 1. The van der Waals surface area contributed by atoms with Crippen LogP contribution in [0.4, 0.5) is 0 Å². The lowest BCUT2D eigenvalue weighted by molar-refractivity contribution is -0.572. The van der Waals surface area contributed by atoms with Gasteiger partial charge in [-0.15, -0.1) is 0 Å². The quantitative estimate of drug-likeness (QED) is 0.0866. The molecule has 338 valence electrons. The first-order chi connectivity index (χ1) is 41.0. The summed E-state index contributed by atoms with van der Waals surface area (Å²) >= 11 is 0. The van der Waals surface area contributed by atoms with Crippen molar-refractivity contribution < 1.29 is 34.6 Å². The molecule has 9 aromatic carbocycles. The van der Waals surface area contributed by atoms with Crippen molar-refractivity contribution in [2.45, 2.75) is 26.2 Å². The molecule has 0 amide bonds. The first kappa shape index (κ1) is 29.2. The Labute approximate surface area is 434 Å². The molecule has 0 fully saturated rings. The molecule has 0 saturated carbocycles. The lowest BCUT2D eigenvalue weighted by Crippen LogP contribution is -2.56. The third-order valence-electron chi connectivity index (χ3n) is 13.0. The minimum absolute atomic E-state index is 0.0885. The summed E-state index contributed by atoms with van der Waals surface area (Å²) in [5, 5.41) is 2.03. The maximum atomic E-state index is 9.27. The molecule has 0 aliphatic carbocycles. The van der Waals surface area contributed by atoms with Crippen LogP contribution in [0.5, 0.6) is 23.0 Å². The summed E-state index contributed by atoms with van der Waals surface area (Å²) in [5.74, 6) is 2.23. The van der Waals surface area contributed by atoms with Crippen LogP contribution in [-0.4, -0.2) is 20.8 Å². The molecule has 1 aliphatic rings. The van der Waals surface area contributed by atoms with Crippen LogP contribution in [0.1, 0.15) is 46.9 Å². The van der Waals surface area contributed by atoms with E-state index in [4.69, 9.17) is 26.8 Å². The molecule has 0 N–H and O–H groups in total. The van der Waals surface area contributed by atoms with Gasteiger partial charge in [-0.05, 0) is 117 Å². The topological polar surface area (TPSA) is 45.1 Å². The molecular formula is C64H47BN4O2. The highest BCUT2D eigenvalue weighted by molar-refractivity contribution is 6.98. The van der Waals surface area contributed by atoms with Crippen LogP contribution >= 0.6 is 0 Å². The van der Waals surface area contributed by atoms with E-state index in [0.717, 1.165) is 33.2 Å². The Morgan fingerprint density at radius 1 is 0.592 bits per heavy atom. The molecule has 0 unspecified atom stereocenters. The highest BCUT2D eigenvalue weighted by atomic mass is 16.5. The van der Waals surface area contributed by atoms with Crippen LogP contribution in [0.2, 0.25) is 0 Å². The van der Waals surface area contributed by atoms with Crippen molar-refractivity contribution in [2.75, 3.05) is 0 Å². The number of imidazole rings is 1. The van der Waals surface area contributed by atoms with Crippen LogP contribution in [0.3, 0.4) is 0 Å². The Hall–Kier alpha value is -8.94. The number of hydrogen-bond donors (Lipinski definition) is 0. The minimum Gasteiger partial charge on any atom is -0.459 e. The third-order valence-corrected chi connectivity index (χ3v) is 13.0. The number of ether oxygens (including phenoxy) is 2. The molecule has 1 aliphatic heterocycles. The normalized spacial score (nSPS) is 15.2. The second-order valence-electron chi connectivity index (χ2n) is 18.2. The van der Waals surface area contributed by atoms with Crippen molar-refractivity contribution in [3.63, 3.8) is 0 Å². The van der Waals surface area contributed by atoms with E-state index in [0.29, 0.717) is 39.4 Å². The highest BCUT2D eigenvalue weighted by Gasteiger charge is 2.37. The average molecular weight is 930 g/mol. The molecule has 4 heterocycles. The zero-order chi connectivity index (χ0) is 60.7. The molecular weight excluding hydrogens is 868 g/mol.